The van der Waals surface area contributed by atoms with E-state index in [0.717, 1.165) is 14.9 Å². The highest BCUT2D eigenvalue weighted by molar-refractivity contribution is 8.01. The Bertz CT molecular complexity index is 469. The van der Waals surface area contributed by atoms with Crippen molar-refractivity contribution in [3.63, 3.8) is 0 Å². The van der Waals surface area contributed by atoms with E-state index in [-0.39, 0.29) is 5.92 Å². The molecule has 16 heavy (non-hydrogen) atoms. The van der Waals surface area contributed by atoms with Gasteiger partial charge in [0.1, 0.15) is 22.7 Å². The predicted molar refractivity (Wildman–Crippen MR) is 64.6 cm³/mol. The van der Waals surface area contributed by atoms with Crippen LogP contribution in [-0.2, 0) is 0 Å². The first-order valence-electron chi connectivity index (χ1n) is 4.73. The van der Waals surface area contributed by atoms with E-state index in [1.54, 1.807) is 5.51 Å². The zero-order valence-electron chi connectivity index (χ0n) is 8.91. The largest absolute Gasteiger partial charge is 0.383 e. The highest BCUT2D eigenvalue weighted by Crippen LogP contribution is 2.34. The molecule has 0 aliphatic carbocycles. The van der Waals surface area contributed by atoms with Crippen LogP contribution in [0, 0.1) is 0 Å². The van der Waals surface area contributed by atoms with E-state index in [9.17, 15) is 0 Å². The maximum absolute atomic E-state index is 5.85. The molecule has 2 heterocycles. The summed E-state index contributed by atoms with van der Waals surface area (Å²) < 4.78 is 0.861. The maximum Gasteiger partial charge on any atom is 0.180 e. The van der Waals surface area contributed by atoms with Crippen molar-refractivity contribution in [2.45, 2.75) is 29.1 Å². The first-order valence-corrected chi connectivity index (χ1v) is 6.42. The van der Waals surface area contributed by atoms with Gasteiger partial charge in [-0.3, -0.25) is 0 Å². The van der Waals surface area contributed by atoms with Gasteiger partial charge < -0.3 is 5.73 Å². The first-order chi connectivity index (χ1) is 7.68. The van der Waals surface area contributed by atoms with Gasteiger partial charge in [0.05, 0.1) is 0 Å². The molecule has 2 rings (SSSR count). The van der Waals surface area contributed by atoms with E-state index >= 15 is 0 Å². The Morgan fingerprint density at radius 3 is 2.81 bits per heavy atom. The minimum absolute atomic E-state index is 0.289. The predicted octanol–water partition coefficient (Wildman–Crippen LogP) is 2.18. The molecule has 0 unspecified atom stereocenters. The zero-order chi connectivity index (χ0) is 11.5. The number of aromatic nitrogens is 4. The van der Waals surface area contributed by atoms with Crippen molar-refractivity contribution >= 4 is 28.9 Å². The minimum atomic E-state index is 0.289. The van der Waals surface area contributed by atoms with Crippen molar-refractivity contribution < 1.29 is 0 Å². The van der Waals surface area contributed by atoms with Crippen LogP contribution >= 0.6 is 23.1 Å². The summed E-state index contributed by atoms with van der Waals surface area (Å²) in [5.74, 6) is 0.827. The number of rotatable bonds is 3. The fraction of sp³-hybridized carbons (Fsp3) is 0.333. The summed E-state index contributed by atoms with van der Waals surface area (Å²) in [6.45, 7) is 4.14. The number of nitrogens with two attached hydrogens (primary N) is 1. The molecule has 0 saturated heterocycles. The summed E-state index contributed by atoms with van der Waals surface area (Å²) in [6, 6.07) is 0. The lowest BCUT2D eigenvalue weighted by Gasteiger charge is -2.11. The van der Waals surface area contributed by atoms with Crippen molar-refractivity contribution in [3.05, 3.63) is 17.4 Å². The second-order valence-electron chi connectivity index (χ2n) is 3.44. The molecule has 5 nitrogen and oxygen atoms in total. The van der Waals surface area contributed by atoms with Crippen LogP contribution in [0.25, 0.3) is 0 Å². The lowest BCUT2D eigenvalue weighted by atomic mass is 10.1. The van der Waals surface area contributed by atoms with E-state index in [2.05, 4.69) is 34.0 Å². The molecule has 2 aromatic rings. The Balaban J connectivity index is 2.37. The molecule has 0 fully saturated rings. The highest BCUT2D eigenvalue weighted by Gasteiger charge is 2.15. The van der Waals surface area contributed by atoms with Gasteiger partial charge in [-0.1, -0.05) is 25.2 Å². The molecule has 0 aromatic carbocycles. The maximum atomic E-state index is 5.85. The Morgan fingerprint density at radius 1 is 1.38 bits per heavy atom. The summed E-state index contributed by atoms with van der Waals surface area (Å²) in [5.41, 5.74) is 8.53. The fourth-order valence-corrected chi connectivity index (χ4v) is 2.95. The molecule has 0 atom stereocenters. The van der Waals surface area contributed by atoms with Gasteiger partial charge in [0.2, 0.25) is 0 Å². The van der Waals surface area contributed by atoms with Crippen LogP contribution in [0.5, 0.6) is 0 Å². The molecule has 0 saturated carbocycles. The number of nitrogens with zero attached hydrogens (tertiary/aromatic N) is 4. The normalized spacial score (nSPS) is 10.9. The Labute approximate surface area is 102 Å². The molecule has 0 aliphatic heterocycles. The molecular weight excluding hydrogens is 242 g/mol. The molecule has 2 N–H and O–H groups in total. The third-order valence-corrected chi connectivity index (χ3v) is 3.78. The Kier molecular flexibility index (Phi) is 3.35. The van der Waals surface area contributed by atoms with Crippen molar-refractivity contribution in [3.8, 4) is 0 Å². The third kappa shape index (κ3) is 2.30. The smallest absolute Gasteiger partial charge is 0.180 e. The van der Waals surface area contributed by atoms with Gasteiger partial charge >= 0.3 is 0 Å². The molecule has 0 aliphatic rings. The van der Waals surface area contributed by atoms with Gasteiger partial charge in [-0.15, -0.1) is 10.2 Å². The topological polar surface area (TPSA) is 77.6 Å². The van der Waals surface area contributed by atoms with Crippen LogP contribution in [0.3, 0.4) is 0 Å². The SMILES string of the molecule is CC(C)c1c(N)ncnc1Sc1nncs1. The van der Waals surface area contributed by atoms with Crippen LogP contribution < -0.4 is 5.73 Å². The van der Waals surface area contributed by atoms with E-state index in [0.29, 0.717) is 5.82 Å². The second-order valence-corrected chi connectivity index (χ2v) is 5.51. The second kappa shape index (κ2) is 4.75. The van der Waals surface area contributed by atoms with Crippen LogP contribution in [0.2, 0.25) is 0 Å². The van der Waals surface area contributed by atoms with Crippen LogP contribution in [0.4, 0.5) is 5.82 Å². The van der Waals surface area contributed by atoms with Crippen molar-refractivity contribution in [2.75, 3.05) is 5.73 Å². The Morgan fingerprint density at radius 2 is 2.19 bits per heavy atom. The summed E-state index contributed by atoms with van der Waals surface area (Å²) in [5, 5.41) is 8.62. The number of hydrogen-bond acceptors (Lipinski definition) is 7. The summed E-state index contributed by atoms with van der Waals surface area (Å²) in [7, 11) is 0. The van der Waals surface area contributed by atoms with Crippen molar-refractivity contribution in [1.82, 2.24) is 20.2 Å². The van der Waals surface area contributed by atoms with Crippen LogP contribution in [-0.4, -0.2) is 20.2 Å². The molecule has 84 valence electrons. The summed E-state index contributed by atoms with van der Waals surface area (Å²) in [6.07, 6.45) is 1.48. The third-order valence-electron chi connectivity index (χ3n) is 1.98. The number of anilines is 1. The molecule has 2 aromatic heterocycles. The van der Waals surface area contributed by atoms with E-state index < -0.39 is 0 Å². The average molecular weight is 253 g/mol. The molecule has 0 amide bonds. The molecule has 0 spiro atoms. The minimum Gasteiger partial charge on any atom is -0.383 e. The summed E-state index contributed by atoms with van der Waals surface area (Å²) in [4.78, 5) is 8.26. The van der Waals surface area contributed by atoms with Gasteiger partial charge in [-0.05, 0) is 17.7 Å². The van der Waals surface area contributed by atoms with Crippen molar-refractivity contribution in [2.24, 2.45) is 0 Å². The van der Waals surface area contributed by atoms with E-state index in [1.807, 2.05) is 0 Å². The fourth-order valence-electron chi connectivity index (χ4n) is 1.31. The van der Waals surface area contributed by atoms with Crippen LogP contribution in [0.1, 0.15) is 25.3 Å². The number of nitrogen functional groups attached to an aromatic ring is 1. The molecule has 0 radical (unpaired) electrons. The quantitative estimate of drug-likeness (QED) is 0.845. The van der Waals surface area contributed by atoms with E-state index in [4.69, 9.17) is 5.73 Å². The highest BCUT2D eigenvalue weighted by atomic mass is 32.2. The number of hydrogen-bond donors (Lipinski definition) is 1. The van der Waals surface area contributed by atoms with Gasteiger partial charge in [-0.25, -0.2) is 9.97 Å². The monoisotopic (exact) mass is 253 g/mol. The average Bonchev–Trinajstić information content (AvgIpc) is 2.70. The summed E-state index contributed by atoms with van der Waals surface area (Å²) >= 11 is 2.96. The molecular formula is C9H11N5S2. The van der Waals surface area contributed by atoms with Crippen molar-refractivity contribution in [1.29, 1.82) is 0 Å². The standard InChI is InChI=1S/C9H11N5S2/c1-5(2)6-7(10)11-3-12-8(6)16-9-14-13-4-15-9/h3-5H,1-2H3,(H2,10,11,12). The van der Waals surface area contributed by atoms with Gasteiger partial charge in [-0.2, -0.15) is 0 Å². The molecule has 7 heteroatoms. The van der Waals surface area contributed by atoms with Gasteiger partial charge in [0.15, 0.2) is 4.34 Å². The van der Waals surface area contributed by atoms with Crippen LogP contribution in [0.15, 0.2) is 21.2 Å². The lowest BCUT2D eigenvalue weighted by molar-refractivity contribution is 0.808. The lowest BCUT2D eigenvalue weighted by Crippen LogP contribution is -2.03. The van der Waals surface area contributed by atoms with Gasteiger partial charge in [0.25, 0.3) is 0 Å². The Hall–Kier alpha value is -1.21. The van der Waals surface area contributed by atoms with Gasteiger partial charge in [0, 0.05) is 5.56 Å². The van der Waals surface area contributed by atoms with E-state index in [1.165, 1.54) is 29.4 Å². The molecule has 0 bridgehead atoms. The first kappa shape index (κ1) is 11.3. The zero-order valence-corrected chi connectivity index (χ0v) is 10.5.